The van der Waals surface area contributed by atoms with Crippen molar-refractivity contribution in [1.82, 2.24) is 19.0 Å². The first-order valence-corrected chi connectivity index (χ1v) is 11.0. The Kier molecular flexibility index (Phi) is 6.09. The molecule has 1 amide bonds. The van der Waals surface area contributed by atoms with Crippen molar-refractivity contribution >= 4 is 15.9 Å². The number of aromatic nitrogens is 2. The Hall–Kier alpha value is -2.97. The molecule has 0 unspecified atom stereocenters. The summed E-state index contributed by atoms with van der Waals surface area (Å²) in [5, 5.41) is 4.63. The Morgan fingerprint density at radius 3 is 2.30 bits per heavy atom. The van der Waals surface area contributed by atoms with Crippen LogP contribution in [0.3, 0.4) is 0 Å². The molecule has 0 atom stereocenters. The smallest absolute Gasteiger partial charge is 0.253 e. The highest BCUT2D eigenvalue weighted by molar-refractivity contribution is 7.89. The van der Waals surface area contributed by atoms with Gasteiger partial charge in [0.25, 0.3) is 5.91 Å². The van der Waals surface area contributed by atoms with Crippen molar-refractivity contribution in [1.29, 1.82) is 0 Å². The van der Waals surface area contributed by atoms with Gasteiger partial charge >= 0.3 is 0 Å². The van der Waals surface area contributed by atoms with E-state index in [0.29, 0.717) is 12.1 Å². The van der Waals surface area contributed by atoms with Crippen molar-refractivity contribution in [3.63, 3.8) is 0 Å². The molecular formula is C22H26N4O3S. The van der Waals surface area contributed by atoms with E-state index in [-0.39, 0.29) is 10.8 Å². The van der Waals surface area contributed by atoms with E-state index < -0.39 is 10.0 Å². The monoisotopic (exact) mass is 426 g/mol. The van der Waals surface area contributed by atoms with Crippen LogP contribution in [0.15, 0.2) is 59.5 Å². The minimum absolute atomic E-state index is 0.0935. The second-order valence-corrected chi connectivity index (χ2v) is 9.53. The number of benzene rings is 2. The molecule has 0 N–H and O–H groups in total. The molecular weight excluding hydrogens is 400 g/mol. The molecule has 0 saturated carbocycles. The van der Waals surface area contributed by atoms with Crippen molar-refractivity contribution in [2.24, 2.45) is 0 Å². The fourth-order valence-electron chi connectivity index (χ4n) is 3.25. The molecule has 1 aromatic heterocycles. The van der Waals surface area contributed by atoms with Crippen LogP contribution < -0.4 is 0 Å². The molecule has 2 aromatic carbocycles. The molecule has 7 nitrogen and oxygen atoms in total. The Morgan fingerprint density at radius 2 is 1.67 bits per heavy atom. The first-order chi connectivity index (χ1) is 14.1. The second kappa shape index (κ2) is 8.41. The Morgan fingerprint density at radius 1 is 1.00 bits per heavy atom. The summed E-state index contributed by atoms with van der Waals surface area (Å²) < 4.78 is 27.8. The number of amides is 1. The molecule has 0 aliphatic rings. The van der Waals surface area contributed by atoms with Gasteiger partial charge in [0.1, 0.15) is 0 Å². The largest absolute Gasteiger partial charge is 0.337 e. The van der Waals surface area contributed by atoms with Crippen molar-refractivity contribution in [2.75, 3.05) is 21.1 Å². The minimum Gasteiger partial charge on any atom is -0.337 e. The standard InChI is InChI=1S/C22H26N4O3S/c1-16-21(17(2)26(23-16)19-11-7-6-8-12-19)15-25(5)22(27)18-10-9-13-20(14-18)30(28,29)24(3)4/h6-14H,15H2,1-5H3. The second-order valence-electron chi connectivity index (χ2n) is 7.37. The van der Waals surface area contributed by atoms with Gasteiger partial charge in [-0.15, -0.1) is 0 Å². The summed E-state index contributed by atoms with van der Waals surface area (Å²) >= 11 is 0. The molecule has 0 fully saturated rings. The summed E-state index contributed by atoms with van der Waals surface area (Å²) in [5.74, 6) is -0.253. The molecule has 0 aliphatic carbocycles. The number of nitrogens with zero attached hydrogens (tertiary/aromatic N) is 4. The molecule has 3 aromatic rings. The average molecular weight is 427 g/mol. The van der Waals surface area contributed by atoms with Gasteiger partial charge in [-0.2, -0.15) is 5.10 Å². The van der Waals surface area contributed by atoms with Crippen LogP contribution in [0.5, 0.6) is 0 Å². The van der Waals surface area contributed by atoms with Crippen LogP contribution in [0.25, 0.3) is 5.69 Å². The lowest BCUT2D eigenvalue weighted by atomic mass is 10.1. The Balaban J connectivity index is 1.86. The molecule has 3 rings (SSSR count). The molecule has 1 heterocycles. The lowest BCUT2D eigenvalue weighted by Gasteiger charge is -2.19. The number of para-hydroxylation sites is 1. The number of aryl methyl sites for hydroxylation is 1. The van der Waals surface area contributed by atoms with Crippen molar-refractivity contribution in [2.45, 2.75) is 25.3 Å². The van der Waals surface area contributed by atoms with Gasteiger partial charge in [0.15, 0.2) is 0 Å². The van der Waals surface area contributed by atoms with Gasteiger partial charge in [0.05, 0.1) is 16.3 Å². The normalized spacial score (nSPS) is 11.7. The number of hydrogen-bond acceptors (Lipinski definition) is 4. The van der Waals surface area contributed by atoms with E-state index in [4.69, 9.17) is 0 Å². The molecule has 0 aliphatic heterocycles. The first-order valence-electron chi connectivity index (χ1n) is 9.51. The van der Waals surface area contributed by atoms with Gasteiger partial charge in [0, 0.05) is 44.5 Å². The maximum absolute atomic E-state index is 13.0. The summed E-state index contributed by atoms with van der Waals surface area (Å²) in [6.45, 7) is 4.27. The number of sulfonamides is 1. The summed E-state index contributed by atoms with van der Waals surface area (Å²) in [4.78, 5) is 14.7. The highest BCUT2D eigenvalue weighted by atomic mass is 32.2. The van der Waals surface area contributed by atoms with Gasteiger partial charge in [-0.05, 0) is 44.2 Å². The number of carbonyl (C=O) groups is 1. The summed E-state index contributed by atoms with van der Waals surface area (Å²) in [7, 11) is 1.02. The summed E-state index contributed by atoms with van der Waals surface area (Å²) in [6.07, 6.45) is 0. The molecule has 0 spiro atoms. The van der Waals surface area contributed by atoms with E-state index in [1.807, 2.05) is 48.9 Å². The molecule has 158 valence electrons. The first kappa shape index (κ1) is 21.7. The van der Waals surface area contributed by atoms with Crippen LogP contribution in [0, 0.1) is 13.8 Å². The lowest BCUT2D eigenvalue weighted by Crippen LogP contribution is -2.27. The molecule has 8 heteroatoms. The van der Waals surface area contributed by atoms with E-state index in [1.54, 1.807) is 24.1 Å². The highest BCUT2D eigenvalue weighted by Crippen LogP contribution is 2.21. The third kappa shape index (κ3) is 4.15. The van der Waals surface area contributed by atoms with Crippen molar-refractivity contribution < 1.29 is 13.2 Å². The van der Waals surface area contributed by atoms with Gasteiger partial charge in [0.2, 0.25) is 10.0 Å². The van der Waals surface area contributed by atoms with E-state index in [9.17, 15) is 13.2 Å². The summed E-state index contributed by atoms with van der Waals surface area (Å²) in [5.41, 5.74) is 4.06. The predicted molar refractivity (Wildman–Crippen MR) is 116 cm³/mol. The third-order valence-electron chi connectivity index (χ3n) is 5.04. The number of rotatable bonds is 6. The minimum atomic E-state index is -3.61. The van der Waals surface area contributed by atoms with Crippen LogP contribution in [0.2, 0.25) is 0 Å². The van der Waals surface area contributed by atoms with Gasteiger partial charge in [-0.25, -0.2) is 17.4 Å². The SMILES string of the molecule is Cc1nn(-c2ccccc2)c(C)c1CN(C)C(=O)c1cccc(S(=O)(=O)N(C)C)c1. The van der Waals surface area contributed by atoms with Crippen LogP contribution in [-0.4, -0.2) is 54.5 Å². The Bertz CT molecular complexity index is 1170. The molecule has 0 saturated heterocycles. The van der Waals surface area contributed by atoms with Gasteiger partial charge in [-0.1, -0.05) is 24.3 Å². The number of carbonyl (C=O) groups excluding carboxylic acids is 1. The van der Waals surface area contributed by atoms with Crippen LogP contribution in [0.4, 0.5) is 0 Å². The zero-order chi connectivity index (χ0) is 22.1. The van der Waals surface area contributed by atoms with Gasteiger partial charge < -0.3 is 4.90 Å². The van der Waals surface area contributed by atoms with Crippen molar-refractivity contribution in [3.8, 4) is 5.69 Å². The predicted octanol–water partition coefficient (Wildman–Crippen LogP) is 3.01. The van der Waals surface area contributed by atoms with Crippen LogP contribution in [-0.2, 0) is 16.6 Å². The third-order valence-corrected chi connectivity index (χ3v) is 6.85. The Labute approximate surface area is 177 Å². The van der Waals surface area contributed by atoms with Gasteiger partial charge in [-0.3, -0.25) is 4.79 Å². The summed E-state index contributed by atoms with van der Waals surface area (Å²) in [6, 6.07) is 15.9. The van der Waals surface area contributed by atoms with Crippen LogP contribution >= 0.6 is 0 Å². The molecule has 0 radical (unpaired) electrons. The van der Waals surface area contributed by atoms with E-state index in [2.05, 4.69) is 5.10 Å². The van der Waals surface area contributed by atoms with E-state index in [0.717, 1.165) is 26.9 Å². The zero-order valence-corrected chi connectivity index (χ0v) is 18.6. The van der Waals surface area contributed by atoms with E-state index >= 15 is 0 Å². The molecule has 0 bridgehead atoms. The topological polar surface area (TPSA) is 75.5 Å². The fraction of sp³-hybridized carbons (Fsp3) is 0.273. The maximum Gasteiger partial charge on any atom is 0.253 e. The maximum atomic E-state index is 13.0. The van der Waals surface area contributed by atoms with Crippen molar-refractivity contribution in [3.05, 3.63) is 77.1 Å². The zero-order valence-electron chi connectivity index (χ0n) is 17.8. The van der Waals surface area contributed by atoms with E-state index in [1.165, 1.54) is 26.2 Å². The lowest BCUT2D eigenvalue weighted by molar-refractivity contribution is 0.0784. The average Bonchev–Trinajstić information content (AvgIpc) is 3.02. The van der Waals surface area contributed by atoms with Crippen LogP contribution in [0.1, 0.15) is 27.3 Å². The fourth-order valence-corrected chi connectivity index (χ4v) is 4.20. The highest BCUT2D eigenvalue weighted by Gasteiger charge is 2.21. The molecule has 30 heavy (non-hydrogen) atoms. The quantitative estimate of drug-likeness (QED) is 0.607. The number of hydrogen-bond donors (Lipinski definition) is 0.